The number of amides is 1. The average Bonchev–Trinajstić information content (AvgIpc) is 2.63. The van der Waals surface area contributed by atoms with Gasteiger partial charge in [0, 0.05) is 10.7 Å². The first-order valence-corrected chi connectivity index (χ1v) is 9.22. The van der Waals surface area contributed by atoms with Crippen LogP contribution < -0.4 is 19.9 Å². The first kappa shape index (κ1) is 18.5. The number of nitrogens with one attached hydrogen (secondary N) is 2. The highest BCUT2D eigenvalue weighted by Crippen LogP contribution is 2.27. The second-order valence-electron chi connectivity index (χ2n) is 6.59. The lowest BCUT2D eigenvalue weighted by atomic mass is 10.1. The van der Waals surface area contributed by atoms with Crippen LogP contribution in [0.4, 0.5) is 11.4 Å². The summed E-state index contributed by atoms with van der Waals surface area (Å²) in [4.78, 5) is 16.1. The summed E-state index contributed by atoms with van der Waals surface area (Å²) in [6.07, 6.45) is 0. The fourth-order valence-electron chi connectivity index (χ4n) is 3.36. The molecule has 138 valence electrons. The molecule has 6 heteroatoms. The number of anilines is 2. The van der Waals surface area contributed by atoms with Gasteiger partial charge in [-0.25, -0.2) is 0 Å². The normalized spacial score (nSPS) is 15.0. The molecule has 3 rings (SSSR count). The molecule has 1 saturated heterocycles. The van der Waals surface area contributed by atoms with Gasteiger partial charge in [0.15, 0.2) is 6.54 Å². The molecule has 0 aromatic heterocycles. The maximum absolute atomic E-state index is 12.4. The van der Waals surface area contributed by atoms with E-state index in [1.807, 2.05) is 0 Å². The maximum Gasteiger partial charge on any atom is 0.279 e. The Morgan fingerprint density at radius 3 is 2.65 bits per heavy atom. The van der Waals surface area contributed by atoms with Crippen molar-refractivity contribution < 1.29 is 14.4 Å². The highest BCUT2D eigenvalue weighted by atomic mass is 35.5. The summed E-state index contributed by atoms with van der Waals surface area (Å²) in [7, 11) is 1.58. The Balaban J connectivity index is 1.54. The minimum Gasteiger partial charge on any atom is -0.495 e. The van der Waals surface area contributed by atoms with E-state index in [9.17, 15) is 4.79 Å². The van der Waals surface area contributed by atoms with Gasteiger partial charge in [0.25, 0.3) is 5.91 Å². The van der Waals surface area contributed by atoms with E-state index in [0.717, 1.165) is 26.2 Å². The van der Waals surface area contributed by atoms with E-state index >= 15 is 0 Å². The minimum atomic E-state index is -0.0232. The van der Waals surface area contributed by atoms with Crippen molar-refractivity contribution in [2.24, 2.45) is 0 Å². The van der Waals surface area contributed by atoms with Gasteiger partial charge in [0.2, 0.25) is 0 Å². The number of aryl methyl sites for hydroxylation is 1. The van der Waals surface area contributed by atoms with Gasteiger partial charge in [-0.3, -0.25) is 4.79 Å². The van der Waals surface area contributed by atoms with E-state index in [4.69, 9.17) is 16.3 Å². The Labute approximate surface area is 159 Å². The van der Waals surface area contributed by atoms with Crippen molar-refractivity contribution in [3.05, 3.63) is 53.1 Å². The predicted octanol–water partition coefficient (Wildman–Crippen LogP) is 2.00. The van der Waals surface area contributed by atoms with Crippen molar-refractivity contribution in [3.63, 3.8) is 0 Å². The van der Waals surface area contributed by atoms with Crippen LogP contribution in [-0.2, 0) is 4.79 Å². The summed E-state index contributed by atoms with van der Waals surface area (Å²) in [6, 6.07) is 13.7. The van der Waals surface area contributed by atoms with Gasteiger partial charge in [0.05, 0.1) is 39.0 Å². The molecular weight excluding hydrogens is 350 g/mol. The fraction of sp³-hybridized carbons (Fsp3) is 0.350. The quantitative estimate of drug-likeness (QED) is 0.841. The van der Waals surface area contributed by atoms with E-state index in [1.165, 1.54) is 16.2 Å². The van der Waals surface area contributed by atoms with Crippen LogP contribution in [-0.4, -0.2) is 45.7 Å². The van der Waals surface area contributed by atoms with Crippen molar-refractivity contribution in [2.45, 2.75) is 6.92 Å². The topological polar surface area (TPSA) is 46.0 Å². The van der Waals surface area contributed by atoms with Crippen molar-refractivity contribution in [1.29, 1.82) is 0 Å². The zero-order valence-corrected chi connectivity index (χ0v) is 16.0. The van der Waals surface area contributed by atoms with Crippen molar-refractivity contribution in [1.82, 2.24) is 0 Å². The van der Waals surface area contributed by atoms with Crippen LogP contribution in [0.15, 0.2) is 42.5 Å². The van der Waals surface area contributed by atoms with Gasteiger partial charge in [-0.2, -0.15) is 0 Å². The van der Waals surface area contributed by atoms with Crippen LogP contribution in [0, 0.1) is 6.92 Å². The lowest BCUT2D eigenvalue weighted by Gasteiger charge is -2.34. The number of halogens is 1. The van der Waals surface area contributed by atoms with E-state index in [1.54, 1.807) is 25.3 Å². The summed E-state index contributed by atoms with van der Waals surface area (Å²) in [5.74, 6) is 0.590. The third-order valence-electron chi connectivity index (χ3n) is 4.77. The SMILES string of the molecule is COc1ccc(Cl)cc1NC(=O)C[NH+]1CCN(c2ccccc2C)CC1. The number of quaternary nitrogens is 1. The molecule has 0 spiro atoms. The van der Waals surface area contributed by atoms with E-state index in [-0.39, 0.29) is 5.91 Å². The van der Waals surface area contributed by atoms with Gasteiger partial charge >= 0.3 is 0 Å². The van der Waals surface area contributed by atoms with Crippen LogP contribution >= 0.6 is 11.6 Å². The molecule has 0 bridgehead atoms. The Kier molecular flexibility index (Phi) is 6.01. The number of methoxy groups -OCH3 is 1. The smallest absolute Gasteiger partial charge is 0.279 e. The number of hydrogen-bond donors (Lipinski definition) is 2. The predicted molar refractivity (Wildman–Crippen MR) is 106 cm³/mol. The zero-order chi connectivity index (χ0) is 18.5. The molecule has 2 aromatic carbocycles. The standard InChI is InChI=1S/C20H24ClN3O2/c1-15-5-3-4-6-18(15)24-11-9-23(10-12-24)14-20(25)22-17-13-16(21)7-8-19(17)26-2/h3-8,13H,9-12,14H2,1-2H3,(H,22,25)/p+1. The fourth-order valence-corrected chi connectivity index (χ4v) is 3.53. The minimum absolute atomic E-state index is 0.0232. The molecule has 0 aliphatic carbocycles. The van der Waals surface area contributed by atoms with Crippen LogP contribution in [0.2, 0.25) is 5.02 Å². The molecule has 2 aromatic rings. The molecule has 0 saturated carbocycles. The second-order valence-corrected chi connectivity index (χ2v) is 7.03. The van der Waals surface area contributed by atoms with E-state index in [2.05, 4.69) is 41.4 Å². The molecule has 0 unspecified atom stereocenters. The number of carbonyl (C=O) groups is 1. The van der Waals surface area contributed by atoms with Crippen molar-refractivity contribution >= 4 is 28.9 Å². The Morgan fingerprint density at radius 1 is 1.23 bits per heavy atom. The summed E-state index contributed by atoms with van der Waals surface area (Å²) in [5, 5.41) is 3.49. The third kappa shape index (κ3) is 4.48. The summed E-state index contributed by atoms with van der Waals surface area (Å²) in [6.45, 7) is 6.36. The lowest BCUT2D eigenvalue weighted by molar-refractivity contribution is -0.892. The van der Waals surface area contributed by atoms with Crippen LogP contribution in [0.25, 0.3) is 0 Å². The Morgan fingerprint density at radius 2 is 1.96 bits per heavy atom. The molecule has 2 N–H and O–H groups in total. The number of nitrogens with zero attached hydrogens (tertiary/aromatic N) is 1. The number of hydrogen-bond acceptors (Lipinski definition) is 3. The molecule has 5 nitrogen and oxygen atoms in total. The number of carbonyl (C=O) groups excluding carboxylic acids is 1. The highest BCUT2D eigenvalue weighted by molar-refractivity contribution is 6.31. The molecule has 1 aliphatic heterocycles. The molecule has 1 aliphatic rings. The van der Waals surface area contributed by atoms with Crippen LogP contribution in [0.3, 0.4) is 0 Å². The van der Waals surface area contributed by atoms with Crippen LogP contribution in [0.1, 0.15) is 5.56 Å². The maximum atomic E-state index is 12.4. The number of benzene rings is 2. The number of rotatable bonds is 5. The third-order valence-corrected chi connectivity index (χ3v) is 5.01. The van der Waals surface area contributed by atoms with Crippen molar-refractivity contribution in [2.75, 3.05) is 50.1 Å². The van der Waals surface area contributed by atoms with E-state index < -0.39 is 0 Å². The molecule has 1 fully saturated rings. The van der Waals surface area contributed by atoms with Gasteiger partial charge in [-0.05, 0) is 36.8 Å². The van der Waals surface area contributed by atoms with Gasteiger partial charge in [0.1, 0.15) is 5.75 Å². The van der Waals surface area contributed by atoms with Crippen molar-refractivity contribution in [3.8, 4) is 5.75 Å². The first-order valence-electron chi connectivity index (χ1n) is 8.84. The van der Waals surface area contributed by atoms with Gasteiger partial charge < -0.3 is 19.9 Å². The number of para-hydroxylation sites is 1. The largest absolute Gasteiger partial charge is 0.495 e. The zero-order valence-electron chi connectivity index (χ0n) is 15.2. The summed E-state index contributed by atoms with van der Waals surface area (Å²) >= 11 is 6.02. The van der Waals surface area contributed by atoms with Gasteiger partial charge in [-0.1, -0.05) is 29.8 Å². The monoisotopic (exact) mass is 374 g/mol. The second kappa shape index (κ2) is 8.43. The molecule has 0 atom stereocenters. The average molecular weight is 375 g/mol. The molecule has 26 heavy (non-hydrogen) atoms. The molecule has 1 amide bonds. The molecule has 0 radical (unpaired) electrons. The number of ether oxygens (including phenoxy) is 1. The molecule has 1 heterocycles. The van der Waals surface area contributed by atoms with Crippen LogP contribution in [0.5, 0.6) is 5.75 Å². The molecular formula is C20H25ClN3O2+. The number of piperazine rings is 1. The lowest BCUT2D eigenvalue weighted by Crippen LogP contribution is -3.15. The Hall–Kier alpha value is -2.24. The Bertz CT molecular complexity index is 773. The summed E-state index contributed by atoms with van der Waals surface area (Å²) in [5.41, 5.74) is 3.20. The van der Waals surface area contributed by atoms with E-state index in [0.29, 0.717) is 23.0 Å². The summed E-state index contributed by atoms with van der Waals surface area (Å²) < 4.78 is 5.28. The van der Waals surface area contributed by atoms with Gasteiger partial charge in [-0.15, -0.1) is 0 Å². The highest BCUT2D eigenvalue weighted by Gasteiger charge is 2.23. The first-order chi connectivity index (χ1) is 12.6.